The Kier molecular flexibility index (Phi) is 6.57. The van der Waals surface area contributed by atoms with Crippen molar-refractivity contribution in [3.8, 4) is 11.4 Å². The molecule has 0 saturated heterocycles. The van der Waals surface area contributed by atoms with E-state index in [0.717, 1.165) is 15.0 Å². The van der Waals surface area contributed by atoms with Gasteiger partial charge in [-0.1, -0.05) is 32.0 Å². The van der Waals surface area contributed by atoms with Crippen molar-refractivity contribution in [2.45, 2.75) is 19.9 Å². The lowest BCUT2D eigenvalue weighted by molar-refractivity contribution is 0.248. The van der Waals surface area contributed by atoms with Gasteiger partial charge in [-0.05, 0) is 52.8 Å². The molecule has 3 aromatic rings. The first-order valence-corrected chi connectivity index (χ1v) is 9.84. The van der Waals surface area contributed by atoms with Crippen molar-refractivity contribution in [2.75, 3.05) is 17.2 Å². The van der Waals surface area contributed by atoms with E-state index < -0.39 is 0 Å². The number of aliphatic hydroxyl groups excluding tert-OH is 1. The number of pyridine rings is 1. The van der Waals surface area contributed by atoms with Crippen molar-refractivity contribution in [1.82, 2.24) is 15.0 Å². The number of para-hydroxylation sites is 1. The molecule has 0 amide bonds. The Labute approximate surface area is 172 Å². The van der Waals surface area contributed by atoms with Gasteiger partial charge in [-0.2, -0.15) is 4.98 Å². The minimum atomic E-state index is -0.131. The minimum Gasteiger partial charge on any atom is -0.394 e. The Hall–Kier alpha value is -2.26. The average Bonchev–Trinajstić information content (AvgIpc) is 2.68. The fourth-order valence-electron chi connectivity index (χ4n) is 2.51. The molecule has 1 aromatic carbocycles. The van der Waals surface area contributed by atoms with Crippen LogP contribution in [-0.2, 0) is 0 Å². The topological polar surface area (TPSA) is 83.0 Å². The molecule has 0 aliphatic carbocycles. The van der Waals surface area contributed by atoms with Gasteiger partial charge in [-0.15, -0.1) is 0 Å². The molecule has 7 heteroatoms. The van der Waals surface area contributed by atoms with Crippen LogP contribution in [0.1, 0.15) is 13.8 Å². The first kappa shape index (κ1) is 19.5. The lowest BCUT2D eigenvalue weighted by Crippen LogP contribution is -2.30. The summed E-state index contributed by atoms with van der Waals surface area (Å²) in [6.07, 6.45) is 1.74. The van der Waals surface area contributed by atoms with E-state index in [2.05, 4.69) is 48.2 Å². The molecule has 1 atom stereocenters. The maximum Gasteiger partial charge on any atom is 0.225 e. The third-order valence-corrected chi connectivity index (χ3v) is 5.05. The van der Waals surface area contributed by atoms with E-state index in [0.29, 0.717) is 17.5 Å². The number of rotatable bonds is 7. The number of aromatic nitrogens is 3. The van der Waals surface area contributed by atoms with Crippen molar-refractivity contribution in [3.63, 3.8) is 0 Å². The standard InChI is InChI=1S/C20H22IN5O/c1-13(2)18(12-27)25-20-24-17(16-9-5-6-10-22-16)11-19(26-20)23-15-8-4-3-7-14(15)21/h3-11,13,18,27H,12H2,1-2H3,(H2,23,24,25,26)/t18-/m0/s1. The maximum atomic E-state index is 9.64. The summed E-state index contributed by atoms with van der Waals surface area (Å²) in [5.74, 6) is 1.36. The molecule has 27 heavy (non-hydrogen) atoms. The van der Waals surface area contributed by atoms with Crippen LogP contribution in [0, 0.1) is 9.49 Å². The molecule has 0 saturated carbocycles. The molecular weight excluding hydrogens is 453 g/mol. The first-order valence-electron chi connectivity index (χ1n) is 8.76. The molecule has 140 valence electrons. The highest BCUT2D eigenvalue weighted by Crippen LogP contribution is 2.25. The Bertz CT molecular complexity index is 889. The van der Waals surface area contributed by atoms with Crippen molar-refractivity contribution >= 4 is 40.0 Å². The fraction of sp³-hybridized carbons (Fsp3) is 0.250. The van der Waals surface area contributed by atoms with Gasteiger partial charge in [0.2, 0.25) is 5.95 Å². The second-order valence-corrected chi connectivity index (χ2v) is 7.62. The number of anilines is 3. The summed E-state index contributed by atoms with van der Waals surface area (Å²) in [6, 6.07) is 15.5. The summed E-state index contributed by atoms with van der Waals surface area (Å²) >= 11 is 2.28. The van der Waals surface area contributed by atoms with Gasteiger partial charge in [0.25, 0.3) is 0 Å². The number of aliphatic hydroxyl groups is 1. The van der Waals surface area contributed by atoms with Crippen molar-refractivity contribution in [3.05, 3.63) is 58.3 Å². The maximum absolute atomic E-state index is 9.64. The van der Waals surface area contributed by atoms with Gasteiger partial charge >= 0.3 is 0 Å². The fourth-order valence-corrected chi connectivity index (χ4v) is 3.03. The second-order valence-electron chi connectivity index (χ2n) is 6.46. The second kappa shape index (κ2) is 9.09. The van der Waals surface area contributed by atoms with Gasteiger partial charge in [0.15, 0.2) is 0 Å². The molecule has 3 rings (SSSR count). The van der Waals surface area contributed by atoms with Crippen LogP contribution in [0.15, 0.2) is 54.7 Å². The molecule has 0 bridgehead atoms. The largest absolute Gasteiger partial charge is 0.394 e. The summed E-state index contributed by atoms with van der Waals surface area (Å²) in [6.45, 7) is 4.10. The Morgan fingerprint density at radius 1 is 1.04 bits per heavy atom. The number of halogens is 1. The number of hydrogen-bond donors (Lipinski definition) is 3. The number of hydrogen-bond acceptors (Lipinski definition) is 6. The van der Waals surface area contributed by atoms with Crippen LogP contribution in [0.3, 0.4) is 0 Å². The van der Waals surface area contributed by atoms with Crippen LogP contribution in [0.5, 0.6) is 0 Å². The Morgan fingerprint density at radius 2 is 1.81 bits per heavy atom. The van der Waals surface area contributed by atoms with E-state index >= 15 is 0 Å². The third kappa shape index (κ3) is 5.14. The number of benzene rings is 1. The highest BCUT2D eigenvalue weighted by Gasteiger charge is 2.15. The quantitative estimate of drug-likeness (QED) is 0.442. The van der Waals surface area contributed by atoms with Gasteiger partial charge < -0.3 is 15.7 Å². The van der Waals surface area contributed by atoms with Crippen molar-refractivity contribution in [2.24, 2.45) is 5.92 Å². The summed E-state index contributed by atoms with van der Waals surface area (Å²) in [4.78, 5) is 13.6. The molecule has 0 radical (unpaired) electrons. The third-order valence-electron chi connectivity index (χ3n) is 4.11. The molecule has 0 fully saturated rings. The van der Waals surface area contributed by atoms with Gasteiger partial charge in [0.05, 0.1) is 29.7 Å². The monoisotopic (exact) mass is 475 g/mol. The van der Waals surface area contributed by atoms with Gasteiger partial charge in [-0.25, -0.2) is 4.98 Å². The molecule has 0 spiro atoms. The van der Waals surface area contributed by atoms with Crippen LogP contribution in [0.25, 0.3) is 11.4 Å². The average molecular weight is 475 g/mol. The zero-order valence-electron chi connectivity index (χ0n) is 15.2. The molecular formula is C20H22IN5O. The molecule has 6 nitrogen and oxygen atoms in total. The van der Waals surface area contributed by atoms with Gasteiger partial charge in [0, 0.05) is 15.8 Å². The van der Waals surface area contributed by atoms with Crippen LogP contribution >= 0.6 is 22.6 Å². The molecule has 0 unspecified atom stereocenters. The van der Waals surface area contributed by atoms with Crippen molar-refractivity contribution < 1.29 is 5.11 Å². The van der Waals surface area contributed by atoms with E-state index in [1.807, 2.05) is 62.4 Å². The van der Waals surface area contributed by atoms with Crippen LogP contribution in [-0.4, -0.2) is 32.7 Å². The first-order chi connectivity index (χ1) is 13.1. The summed E-state index contributed by atoms with van der Waals surface area (Å²) < 4.78 is 1.10. The van der Waals surface area contributed by atoms with Gasteiger partial charge in [0.1, 0.15) is 5.82 Å². The normalized spacial score (nSPS) is 12.0. The molecule has 3 N–H and O–H groups in total. The van der Waals surface area contributed by atoms with Gasteiger partial charge in [-0.3, -0.25) is 4.98 Å². The summed E-state index contributed by atoms with van der Waals surface area (Å²) in [5, 5.41) is 16.2. The SMILES string of the molecule is CC(C)[C@H](CO)Nc1nc(Nc2ccccc2I)cc(-c2ccccn2)n1. The van der Waals surface area contributed by atoms with Crippen molar-refractivity contribution in [1.29, 1.82) is 0 Å². The lowest BCUT2D eigenvalue weighted by atomic mass is 10.1. The Balaban J connectivity index is 1.99. The predicted octanol–water partition coefficient (Wildman–Crippen LogP) is 4.32. The minimum absolute atomic E-state index is 0.00812. The number of nitrogens with one attached hydrogen (secondary N) is 2. The van der Waals surface area contributed by atoms with E-state index in [9.17, 15) is 5.11 Å². The smallest absolute Gasteiger partial charge is 0.225 e. The van der Waals surface area contributed by atoms with E-state index in [1.54, 1.807) is 6.20 Å². The van der Waals surface area contributed by atoms with Crippen LogP contribution in [0.4, 0.5) is 17.5 Å². The molecule has 0 aliphatic rings. The van der Waals surface area contributed by atoms with Crippen LogP contribution < -0.4 is 10.6 Å². The Morgan fingerprint density at radius 3 is 2.48 bits per heavy atom. The van der Waals surface area contributed by atoms with E-state index in [1.165, 1.54) is 0 Å². The summed E-state index contributed by atoms with van der Waals surface area (Å²) in [7, 11) is 0. The number of nitrogens with zero attached hydrogens (tertiary/aromatic N) is 3. The van der Waals surface area contributed by atoms with E-state index in [4.69, 9.17) is 0 Å². The van der Waals surface area contributed by atoms with Crippen LogP contribution in [0.2, 0.25) is 0 Å². The molecule has 2 heterocycles. The highest BCUT2D eigenvalue weighted by molar-refractivity contribution is 14.1. The lowest BCUT2D eigenvalue weighted by Gasteiger charge is -2.20. The highest BCUT2D eigenvalue weighted by atomic mass is 127. The summed E-state index contributed by atoms with van der Waals surface area (Å²) in [5.41, 5.74) is 2.44. The predicted molar refractivity (Wildman–Crippen MR) is 117 cm³/mol. The van der Waals surface area contributed by atoms with E-state index in [-0.39, 0.29) is 18.6 Å². The molecule has 0 aliphatic heterocycles. The molecule has 2 aromatic heterocycles. The zero-order valence-corrected chi connectivity index (χ0v) is 17.4. The zero-order chi connectivity index (χ0) is 19.2.